The number of amides is 2. The van der Waals surface area contributed by atoms with Crippen LogP contribution in [0.2, 0.25) is 0 Å². The van der Waals surface area contributed by atoms with Crippen molar-refractivity contribution in [3.8, 4) is 0 Å². The molecule has 0 aromatic heterocycles. The summed E-state index contributed by atoms with van der Waals surface area (Å²) in [7, 11) is 2.11. The zero-order chi connectivity index (χ0) is 30.6. The first-order valence-corrected chi connectivity index (χ1v) is 14.9. The van der Waals surface area contributed by atoms with Crippen molar-refractivity contribution in [2.45, 2.75) is 76.6 Å². The van der Waals surface area contributed by atoms with Crippen LogP contribution in [0, 0.1) is 0 Å². The minimum absolute atomic E-state index is 0.00538. The average molecular weight is 590 g/mol. The van der Waals surface area contributed by atoms with Crippen LogP contribution in [0.15, 0.2) is 78.9 Å². The van der Waals surface area contributed by atoms with Crippen LogP contribution in [-0.2, 0) is 25.7 Å². The molecule has 9 heteroatoms. The number of hydrogen-bond donors (Lipinski definition) is 4. The van der Waals surface area contributed by atoms with E-state index in [4.69, 9.17) is 14.7 Å². The van der Waals surface area contributed by atoms with E-state index < -0.39 is 12.2 Å². The van der Waals surface area contributed by atoms with Crippen molar-refractivity contribution in [1.29, 1.82) is 0 Å². The lowest BCUT2D eigenvalue weighted by Gasteiger charge is -2.39. The normalized spacial score (nSPS) is 19.1. The number of anilines is 1. The molecule has 4 N–H and O–H groups in total. The Labute approximate surface area is 253 Å². The summed E-state index contributed by atoms with van der Waals surface area (Å²) in [4.78, 5) is 25.8. The van der Waals surface area contributed by atoms with E-state index in [9.17, 15) is 14.7 Å². The van der Waals surface area contributed by atoms with Crippen LogP contribution < -0.4 is 10.8 Å². The summed E-state index contributed by atoms with van der Waals surface area (Å²) in [6.07, 6.45) is 2.44. The van der Waals surface area contributed by atoms with Gasteiger partial charge >= 0.3 is 0 Å². The molecule has 1 fully saturated rings. The fourth-order valence-corrected chi connectivity index (χ4v) is 5.25. The van der Waals surface area contributed by atoms with Gasteiger partial charge < -0.3 is 19.9 Å². The van der Waals surface area contributed by atoms with Gasteiger partial charge in [-0.2, -0.15) is 0 Å². The lowest BCUT2D eigenvalue weighted by Crippen LogP contribution is -2.38. The predicted molar refractivity (Wildman–Crippen MR) is 164 cm³/mol. The van der Waals surface area contributed by atoms with Gasteiger partial charge in [-0.3, -0.25) is 19.7 Å². The highest BCUT2D eigenvalue weighted by molar-refractivity contribution is 5.90. The van der Waals surface area contributed by atoms with Gasteiger partial charge in [0.1, 0.15) is 0 Å². The number of nitrogens with one attached hydrogen (secondary N) is 2. The highest BCUT2D eigenvalue weighted by Crippen LogP contribution is 2.39. The number of nitrogens with zero attached hydrogens (tertiary/aromatic N) is 1. The molecule has 0 spiro atoms. The highest BCUT2D eigenvalue weighted by atomic mass is 16.7. The third kappa shape index (κ3) is 9.71. The van der Waals surface area contributed by atoms with Crippen LogP contribution in [0.4, 0.5) is 5.69 Å². The second-order valence-corrected chi connectivity index (χ2v) is 11.1. The third-order valence-corrected chi connectivity index (χ3v) is 7.95. The summed E-state index contributed by atoms with van der Waals surface area (Å²) in [5, 5.41) is 21.0. The van der Waals surface area contributed by atoms with Gasteiger partial charge in [-0.15, -0.1) is 0 Å². The van der Waals surface area contributed by atoms with Crippen LogP contribution in [0.25, 0.3) is 0 Å². The van der Waals surface area contributed by atoms with E-state index in [1.807, 2.05) is 54.6 Å². The Morgan fingerprint density at radius 3 is 2.19 bits per heavy atom. The number of hydroxylamine groups is 1. The molecule has 3 aromatic carbocycles. The van der Waals surface area contributed by atoms with Gasteiger partial charge in [0, 0.05) is 43.1 Å². The molecule has 0 aliphatic carbocycles. The fourth-order valence-electron chi connectivity index (χ4n) is 5.25. The first kappa shape index (κ1) is 32.3. The van der Waals surface area contributed by atoms with Gasteiger partial charge in [0.2, 0.25) is 11.8 Å². The summed E-state index contributed by atoms with van der Waals surface area (Å²) in [6, 6.07) is 26.0. The Morgan fingerprint density at radius 1 is 0.884 bits per heavy atom. The second-order valence-electron chi connectivity index (χ2n) is 11.1. The quantitative estimate of drug-likeness (QED) is 0.106. The van der Waals surface area contributed by atoms with Crippen LogP contribution in [-0.4, -0.2) is 46.7 Å². The summed E-state index contributed by atoms with van der Waals surface area (Å²) < 4.78 is 13.0. The predicted octanol–water partition coefficient (Wildman–Crippen LogP) is 5.81. The molecule has 0 radical (unpaired) electrons. The van der Waals surface area contributed by atoms with Crippen molar-refractivity contribution < 1.29 is 29.4 Å². The molecule has 9 nitrogen and oxygen atoms in total. The van der Waals surface area contributed by atoms with E-state index in [0.717, 1.165) is 29.7 Å². The van der Waals surface area contributed by atoms with Crippen LogP contribution in [0.3, 0.4) is 0 Å². The molecular weight excluding hydrogens is 546 g/mol. The molecule has 1 aliphatic heterocycles. The zero-order valence-electron chi connectivity index (χ0n) is 24.9. The Balaban J connectivity index is 1.39. The number of benzene rings is 3. The Kier molecular flexibility index (Phi) is 12.3. The maximum atomic E-state index is 12.4. The first-order valence-electron chi connectivity index (χ1n) is 14.9. The molecule has 4 rings (SSSR count). The Bertz CT molecular complexity index is 1290. The molecule has 2 amide bonds. The van der Waals surface area contributed by atoms with E-state index in [2.05, 4.69) is 48.5 Å². The van der Waals surface area contributed by atoms with Gasteiger partial charge in [-0.25, -0.2) is 5.48 Å². The van der Waals surface area contributed by atoms with Gasteiger partial charge in [-0.1, -0.05) is 73.2 Å². The van der Waals surface area contributed by atoms with Crippen LogP contribution in [0.5, 0.6) is 0 Å². The number of likely N-dealkylation sites (N-methyl/N-ethyl adjacent to an activating group) is 1. The van der Waals surface area contributed by atoms with E-state index in [1.54, 1.807) is 5.48 Å². The highest BCUT2D eigenvalue weighted by Gasteiger charge is 2.33. The molecule has 1 aliphatic rings. The van der Waals surface area contributed by atoms with E-state index in [1.165, 1.54) is 5.56 Å². The second kappa shape index (κ2) is 16.3. The minimum Gasteiger partial charge on any atom is -0.392 e. The number of hydrogen-bond acceptors (Lipinski definition) is 7. The van der Waals surface area contributed by atoms with E-state index in [0.29, 0.717) is 31.4 Å². The molecule has 4 atom stereocenters. The van der Waals surface area contributed by atoms with Crippen molar-refractivity contribution in [3.05, 3.63) is 101 Å². The molecule has 0 unspecified atom stereocenters. The molecule has 1 heterocycles. The first-order chi connectivity index (χ1) is 20.9. The number of unbranched alkanes of at least 4 members (excludes halogenated alkanes) is 2. The molecular formula is C34H43N3O6. The zero-order valence-corrected chi connectivity index (χ0v) is 24.9. The summed E-state index contributed by atoms with van der Waals surface area (Å²) >= 11 is 0. The molecule has 43 heavy (non-hydrogen) atoms. The summed E-state index contributed by atoms with van der Waals surface area (Å²) in [6.45, 7) is 2.91. The molecule has 0 saturated carbocycles. The summed E-state index contributed by atoms with van der Waals surface area (Å²) in [5.74, 6) is -0.506. The molecule has 1 saturated heterocycles. The summed E-state index contributed by atoms with van der Waals surface area (Å²) in [5.41, 5.74) is 6.30. The van der Waals surface area contributed by atoms with Crippen LogP contribution in [0.1, 0.15) is 86.1 Å². The number of aliphatic hydroxyl groups excluding tert-OH is 1. The van der Waals surface area contributed by atoms with Gasteiger partial charge in [-0.05, 0) is 55.6 Å². The van der Waals surface area contributed by atoms with Crippen molar-refractivity contribution in [1.82, 2.24) is 10.4 Å². The number of aliphatic hydroxyl groups is 1. The van der Waals surface area contributed by atoms with Gasteiger partial charge in [0.25, 0.3) is 0 Å². The van der Waals surface area contributed by atoms with Crippen molar-refractivity contribution in [3.63, 3.8) is 0 Å². The Morgan fingerprint density at radius 2 is 1.53 bits per heavy atom. The van der Waals surface area contributed by atoms with Gasteiger partial charge in [0.15, 0.2) is 6.29 Å². The number of carbonyl (C=O) groups excluding carboxylic acids is 2. The average Bonchev–Trinajstić information content (AvgIpc) is 3.04. The van der Waals surface area contributed by atoms with E-state index in [-0.39, 0.29) is 37.2 Å². The fraction of sp³-hybridized carbons (Fsp3) is 0.412. The number of rotatable bonds is 14. The van der Waals surface area contributed by atoms with Crippen LogP contribution >= 0.6 is 0 Å². The standard InChI is InChI=1S/C34H43N3O6/c1-24(26-9-5-3-6-10-26)37(2)22-30-21-31(27-15-13-25(23-38)14-16-27)43-34(42-30)28-17-19-29(20-18-28)35-32(39)11-7-4-8-12-33(40)36-41/h3,5-6,9-10,13-20,24,30-31,34,38,41H,4,7-8,11-12,21-23H2,1-2H3,(H,35,39)(H,36,40)/t24-,30-,31+,34+/m0/s1. The SMILES string of the molecule is C[C@@H](c1ccccc1)N(C)C[C@@H]1C[C@H](c2ccc(CO)cc2)O[C@H](c2ccc(NC(=O)CCCCCC(=O)NO)cc2)O1. The maximum absolute atomic E-state index is 12.4. The van der Waals surface area contributed by atoms with Gasteiger partial charge in [0.05, 0.1) is 18.8 Å². The molecule has 230 valence electrons. The number of ether oxygens (including phenoxy) is 2. The minimum atomic E-state index is -0.581. The Hall–Kier alpha value is -3.60. The molecule has 3 aromatic rings. The topological polar surface area (TPSA) is 120 Å². The maximum Gasteiger partial charge on any atom is 0.243 e. The lowest BCUT2D eigenvalue weighted by atomic mass is 9.99. The monoisotopic (exact) mass is 589 g/mol. The van der Waals surface area contributed by atoms with Crippen molar-refractivity contribution >= 4 is 17.5 Å². The van der Waals surface area contributed by atoms with Crippen molar-refractivity contribution in [2.24, 2.45) is 0 Å². The number of carbonyl (C=O) groups is 2. The smallest absolute Gasteiger partial charge is 0.243 e. The largest absolute Gasteiger partial charge is 0.392 e. The molecule has 0 bridgehead atoms. The third-order valence-electron chi connectivity index (χ3n) is 7.95. The lowest BCUT2D eigenvalue weighted by molar-refractivity contribution is -0.253. The van der Waals surface area contributed by atoms with Crippen molar-refractivity contribution in [2.75, 3.05) is 18.9 Å². The van der Waals surface area contributed by atoms with E-state index >= 15 is 0 Å².